The van der Waals surface area contributed by atoms with Gasteiger partial charge in [-0.1, -0.05) is 29.0 Å². The Labute approximate surface area is 149 Å². The first-order chi connectivity index (χ1) is 11.9. The lowest BCUT2D eigenvalue weighted by Crippen LogP contribution is -2.30. The summed E-state index contributed by atoms with van der Waals surface area (Å²) in [6, 6.07) is 7.17. The van der Waals surface area contributed by atoms with Crippen molar-refractivity contribution in [1.29, 1.82) is 0 Å². The number of esters is 1. The van der Waals surface area contributed by atoms with E-state index in [2.05, 4.69) is 15.6 Å². The quantitative estimate of drug-likeness (QED) is 0.770. The summed E-state index contributed by atoms with van der Waals surface area (Å²) in [6.45, 7) is 5.29. The fourth-order valence-electron chi connectivity index (χ4n) is 2.06. The number of carbonyl (C=O) groups is 3. The summed E-state index contributed by atoms with van der Waals surface area (Å²) in [6.07, 6.45) is 0. The number of nitrogens with zero attached hydrogens (tertiary/aromatic N) is 1. The highest BCUT2D eigenvalue weighted by Crippen LogP contribution is 2.23. The van der Waals surface area contributed by atoms with Crippen LogP contribution < -0.4 is 10.6 Å². The highest BCUT2D eigenvalue weighted by atomic mass is 32.1. The van der Waals surface area contributed by atoms with Crippen LogP contribution in [0.5, 0.6) is 0 Å². The van der Waals surface area contributed by atoms with E-state index in [1.54, 1.807) is 32.0 Å². The largest absolute Gasteiger partial charge is 0.465 e. The lowest BCUT2D eigenvalue weighted by atomic mass is 10.1. The second-order valence-corrected chi connectivity index (χ2v) is 6.24. The Balaban J connectivity index is 2.03. The standard InChI is InChI=1S/C17H19N3O4S/c1-4-24-13(21)9-18-16(23)14-11(3)19-17(25-14)20-15(22)12-7-5-6-10(2)8-12/h5-8H,4,9H2,1-3H3,(H,18,23)(H,19,20,22). The van der Waals surface area contributed by atoms with Crippen molar-refractivity contribution in [3.8, 4) is 0 Å². The predicted molar refractivity (Wildman–Crippen MR) is 94.9 cm³/mol. The molecule has 2 N–H and O–H groups in total. The van der Waals surface area contributed by atoms with Crippen molar-refractivity contribution < 1.29 is 19.1 Å². The minimum Gasteiger partial charge on any atom is -0.465 e. The molecule has 0 aliphatic heterocycles. The zero-order valence-electron chi connectivity index (χ0n) is 14.2. The van der Waals surface area contributed by atoms with E-state index in [-0.39, 0.29) is 19.1 Å². The summed E-state index contributed by atoms with van der Waals surface area (Å²) in [4.78, 5) is 40.2. The van der Waals surface area contributed by atoms with Gasteiger partial charge in [-0.2, -0.15) is 0 Å². The van der Waals surface area contributed by atoms with Crippen LogP contribution in [0.3, 0.4) is 0 Å². The number of amides is 2. The zero-order chi connectivity index (χ0) is 18.4. The van der Waals surface area contributed by atoms with Crippen LogP contribution >= 0.6 is 11.3 Å². The molecule has 2 rings (SSSR count). The van der Waals surface area contributed by atoms with Crippen LogP contribution in [0.2, 0.25) is 0 Å². The maximum Gasteiger partial charge on any atom is 0.325 e. The third-order valence-corrected chi connectivity index (χ3v) is 4.27. The van der Waals surface area contributed by atoms with Crippen molar-refractivity contribution >= 4 is 34.3 Å². The molecular formula is C17H19N3O4S. The summed E-state index contributed by atoms with van der Waals surface area (Å²) in [7, 11) is 0. The number of aryl methyl sites for hydroxylation is 2. The molecule has 0 aliphatic rings. The first kappa shape index (κ1) is 18.6. The summed E-state index contributed by atoms with van der Waals surface area (Å²) >= 11 is 1.05. The highest BCUT2D eigenvalue weighted by Gasteiger charge is 2.18. The maximum absolute atomic E-state index is 12.2. The number of hydrogen-bond acceptors (Lipinski definition) is 6. The van der Waals surface area contributed by atoms with Crippen LogP contribution in [0.25, 0.3) is 0 Å². The molecule has 132 valence electrons. The second kappa shape index (κ2) is 8.39. The second-order valence-electron chi connectivity index (χ2n) is 5.24. The summed E-state index contributed by atoms with van der Waals surface area (Å²) in [5.74, 6) is -1.24. The Morgan fingerprint density at radius 3 is 2.64 bits per heavy atom. The Bertz CT molecular complexity index is 801. The van der Waals surface area contributed by atoms with Crippen LogP contribution in [0.15, 0.2) is 24.3 Å². The molecule has 1 heterocycles. The molecule has 8 heteroatoms. The fourth-order valence-corrected chi connectivity index (χ4v) is 2.94. The van der Waals surface area contributed by atoms with Gasteiger partial charge in [0.25, 0.3) is 11.8 Å². The molecule has 0 bridgehead atoms. The molecule has 1 aromatic heterocycles. The van der Waals surface area contributed by atoms with Crippen LogP contribution in [-0.2, 0) is 9.53 Å². The van der Waals surface area contributed by atoms with Crippen LogP contribution in [0.1, 0.15) is 38.2 Å². The van der Waals surface area contributed by atoms with E-state index in [1.807, 2.05) is 13.0 Å². The molecule has 2 amide bonds. The Hall–Kier alpha value is -2.74. The number of thiazole rings is 1. The third kappa shape index (κ3) is 5.12. The van der Waals surface area contributed by atoms with Gasteiger partial charge in [0, 0.05) is 5.56 Å². The monoisotopic (exact) mass is 361 g/mol. The SMILES string of the molecule is CCOC(=O)CNC(=O)c1sc(NC(=O)c2cccc(C)c2)nc1C. The van der Waals surface area contributed by atoms with Gasteiger partial charge in [-0.3, -0.25) is 19.7 Å². The van der Waals surface area contributed by atoms with Gasteiger partial charge in [-0.05, 0) is 32.9 Å². The lowest BCUT2D eigenvalue weighted by molar-refractivity contribution is -0.141. The minimum atomic E-state index is -0.508. The minimum absolute atomic E-state index is 0.213. The van der Waals surface area contributed by atoms with Crippen molar-refractivity contribution in [3.05, 3.63) is 46.0 Å². The highest BCUT2D eigenvalue weighted by molar-refractivity contribution is 7.17. The normalized spacial score (nSPS) is 10.2. The van der Waals surface area contributed by atoms with Gasteiger partial charge in [0.1, 0.15) is 11.4 Å². The number of hydrogen-bond donors (Lipinski definition) is 2. The van der Waals surface area contributed by atoms with E-state index in [9.17, 15) is 14.4 Å². The molecule has 0 atom stereocenters. The molecule has 0 spiro atoms. The fraction of sp³-hybridized carbons (Fsp3) is 0.294. The number of benzene rings is 1. The number of ether oxygens (including phenoxy) is 1. The smallest absolute Gasteiger partial charge is 0.325 e. The van der Waals surface area contributed by atoms with Gasteiger partial charge in [0.15, 0.2) is 5.13 Å². The molecule has 1 aromatic carbocycles. The van der Waals surface area contributed by atoms with Crippen molar-refractivity contribution in [3.63, 3.8) is 0 Å². The molecule has 0 saturated carbocycles. The van der Waals surface area contributed by atoms with Crippen LogP contribution in [-0.4, -0.2) is 35.9 Å². The van der Waals surface area contributed by atoms with E-state index in [0.29, 0.717) is 21.3 Å². The summed E-state index contributed by atoms with van der Waals surface area (Å²) in [5, 5.41) is 5.48. The van der Waals surface area contributed by atoms with E-state index in [4.69, 9.17) is 4.74 Å². The molecule has 0 saturated heterocycles. The van der Waals surface area contributed by atoms with Gasteiger partial charge in [0.05, 0.1) is 12.3 Å². The molecule has 25 heavy (non-hydrogen) atoms. The predicted octanol–water partition coefficient (Wildman–Crippen LogP) is 2.31. The van der Waals surface area contributed by atoms with E-state index in [0.717, 1.165) is 16.9 Å². The molecule has 7 nitrogen and oxygen atoms in total. The van der Waals surface area contributed by atoms with Crippen molar-refractivity contribution in [2.24, 2.45) is 0 Å². The molecule has 0 fully saturated rings. The molecular weight excluding hydrogens is 342 g/mol. The summed E-state index contributed by atoms with van der Waals surface area (Å²) in [5.41, 5.74) is 1.97. The van der Waals surface area contributed by atoms with Crippen LogP contribution in [0.4, 0.5) is 5.13 Å². The van der Waals surface area contributed by atoms with Crippen molar-refractivity contribution in [1.82, 2.24) is 10.3 Å². The zero-order valence-corrected chi connectivity index (χ0v) is 15.0. The van der Waals surface area contributed by atoms with E-state index < -0.39 is 11.9 Å². The van der Waals surface area contributed by atoms with Gasteiger partial charge in [0.2, 0.25) is 0 Å². The van der Waals surface area contributed by atoms with Gasteiger partial charge in [-0.25, -0.2) is 4.98 Å². The Kier molecular flexibility index (Phi) is 6.24. The van der Waals surface area contributed by atoms with Gasteiger partial charge < -0.3 is 10.1 Å². The average molecular weight is 361 g/mol. The molecule has 0 radical (unpaired) electrons. The summed E-state index contributed by atoms with van der Waals surface area (Å²) < 4.78 is 4.75. The van der Waals surface area contributed by atoms with Crippen LogP contribution in [0, 0.1) is 13.8 Å². The number of nitrogens with one attached hydrogen (secondary N) is 2. The van der Waals surface area contributed by atoms with E-state index >= 15 is 0 Å². The number of aromatic nitrogens is 1. The molecule has 0 unspecified atom stereocenters. The Morgan fingerprint density at radius 2 is 1.96 bits per heavy atom. The Morgan fingerprint density at radius 1 is 1.20 bits per heavy atom. The molecule has 2 aromatic rings. The first-order valence-corrected chi connectivity index (χ1v) is 8.51. The van der Waals surface area contributed by atoms with Crippen molar-refractivity contribution in [2.75, 3.05) is 18.5 Å². The molecule has 0 aliphatic carbocycles. The average Bonchev–Trinajstić information content (AvgIpc) is 2.93. The van der Waals surface area contributed by atoms with Crippen molar-refractivity contribution in [2.45, 2.75) is 20.8 Å². The third-order valence-electron chi connectivity index (χ3n) is 3.20. The first-order valence-electron chi connectivity index (χ1n) is 7.70. The lowest BCUT2D eigenvalue weighted by Gasteiger charge is -2.03. The topological polar surface area (TPSA) is 97.4 Å². The number of anilines is 1. The number of carbonyl (C=O) groups excluding carboxylic acids is 3. The van der Waals surface area contributed by atoms with Gasteiger partial charge in [-0.15, -0.1) is 0 Å². The maximum atomic E-state index is 12.2. The number of rotatable bonds is 6. The van der Waals surface area contributed by atoms with Gasteiger partial charge >= 0.3 is 5.97 Å². The van der Waals surface area contributed by atoms with E-state index in [1.165, 1.54) is 0 Å².